The molecule has 3 aromatic carbocycles. The molecular weight excluding hydrogens is 1430 g/mol. The van der Waals surface area contributed by atoms with Gasteiger partial charge in [0.15, 0.2) is 0 Å². The highest BCUT2D eigenvalue weighted by atomic mass is 35.5. The largest absolute Gasteiger partial charge is 0.325 e. The third kappa shape index (κ3) is 16.1. The van der Waals surface area contributed by atoms with E-state index in [1.165, 1.54) is 90.2 Å². The molecule has 21 nitrogen and oxygen atoms in total. The fourth-order valence-electron chi connectivity index (χ4n) is 11.4. The lowest BCUT2D eigenvalue weighted by Gasteiger charge is -2.39. The van der Waals surface area contributed by atoms with Crippen LogP contribution < -0.4 is 30.1 Å². The zero-order valence-electron chi connectivity index (χ0n) is 54.2. The van der Waals surface area contributed by atoms with Gasteiger partial charge in [0, 0.05) is 113 Å². The monoisotopic (exact) mass is 1500 g/mol. The molecule has 33 heteroatoms. The van der Waals surface area contributed by atoms with Gasteiger partial charge >= 0.3 is 0 Å². The average molecular weight is 1500 g/mol. The van der Waals surface area contributed by atoms with Crippen LogP contribution in [0.1, 0.15) is 74.8 Å². The maximum atomic E-state index is 13.5. The van der Waals surface area contributed by atoms with E-state index in [2.05, 4.69) is 63.0 Å². The Hall–Kier alpha value is -6.72. The average Bonchev–Trinajstić information content (AvgIpc) is 1.77. The number of carbonyl (C=O) groups is 3. The molecule has 9 unspecified atom stereocenters. The first-order chi connectivity index (χ1) is 45.6. The first kappa shape index (κ1) is 73.0. The highest BCUT2D eigenvalue weighted by Gasteiger charge is 2.41. The molecule has 9 atom stereocenters. The predicted octanol–water partition coefficient (Wildman–Crippen LogP) is 11.6. The SMILES string of the molecule is C=S1(=O)NC(c2cc(-c3cn(C)nc3C)cs2)CC(C(=O)Nc2ccc(F)c(Cl)c2)N1C.C=S1(=O)NC(c2cc(-c3cnn(C)c3C)cs2)CC(C(=O)Nc2ccc(F)c(Cl)c2)N1C.C=S1(=O)NC(c2ccc(-c3c(C)nn(C)c3C)s2)CC(C(=O)Nc2ccc(F)c(Cl)c2)N1C. The molecule has 0 radical (unpaired) electrons. The molecule has 3 aliphatic rings. The molecule has 3 aliphatic heterocycles. The minimum atomic E-state index is -2.90. The molecule has 516 valence electrons. The van der Waals surface area contributed by atoms with Crippen LogP contribution in [0, 0.1) is 45.1 Å². The van der Waals surface area contributed by atoms with Crippen molar-refractivity contribution in [3.05, 3.63) is 172 Å². The second-order valence-corrected chi connectivity index (χ2v) is 34.1. The molecule has 3 saturated heterocycles. The first-order valence-electron chi connectivity index (χ1n) is 29.8. The van der Waals surface area contributed by atoms with Crippen LogP contribution in [0.15, 0.2) is 102 Å². The number of hydrogen-bond donors (Lipinski definition) is 6. The number of carbonyl (C=O) groups excluding carboxylic acids is 3. The molecule has 0 bridgehead atoms. The first-order valence-corrected chi connectivity index (χ1v) is 38.5. The summed E-state index contributed by atoms with van der Waals surface area (Å²) < 4.78 is 98.9. The van der Waals surface area contributed by atoms with Crippen LogP contribution >= 0.6 is 68.8 Å². The molecule has 97 heavy (non-hydrogen) atoms. The molecule has 9 heterocycles. The summed E-state index contributed by atoms with van der Waals surface area (Å²) in [4.78, 5) is 43.1. The lowest BCUT2D eigenvalue weighted by molar-refractivity contribution is -0.120. The topological polar surface area (TPSA) is 238 Å². The summed E-state index contributed by atoms with van der Waals surface area (Å²) in [6, 6.07) is 16.9. The fourth-order valence-corrected chi connectivity index (χ4v) is 19.6. The van der Waals surface area contributed by atoms with E-state index in [1.807, 2.05) is 106 Å². The second-order valence-electron chi connectivity index (χ2n) is 23.6. The van der Waals surface area contributed by atoms with E-state index in [1.54, 1.807) is 37.2 Å². The van der Waals surface area contributed by atoms with Crippen LogP contribution in [-0.2, 0) is 65.2 Å². The van der Waals surface area contributed by atoms with Crippen LogP contribution in [0.3, 0.4) is 0 Å². The van der Waals surface area contributed by atoms with Gasteiger partial charge in [-0.1, -0.05) is 34.8 Å². The van der Waals surface area contributed by atoms with Gasteiger partial charge in [-0.3, -0.25) is 28.4 Å². The van der Waals surface area contributed by atoms with Crippen molar-refractivity contribution >= 4 is 151 Å². The maximum absolute atomic E-state index is 13.5. The van der Waals surface area contributed by atoms with Crippen molar-refractivity contribution in [1.29, 1.82) is 0 Å². The summed E-state index contributed by atoms with van der Waals surface area (Å²) in [6.45, 7) is 7.94. The van der Waals surface area contributed by atoms with E-state index in [9.17, 15) is 40.2 Å². The lowest BCUT2D eigenvalue weighted by atomic mass is 10.0. The number of likely N-dealkylation sites (N-methyl/N-ethyl adjacent to an activating group) is 3. The number of halogens is 6. The van der Waals surface area contributed by atoms with E-state index in [4.69, 9.17) is 34.8 Å². The lowest BCUT2D eigenvalue weighted by Crippen LogP contribution is -2.55. The van der Waals surface area contributed by atoms with E-state index in [0.717, 1.165) is 70.1 Å². The standard InChI is InChI=1S/C22H25ClFN5O2S2.2C21H23ClFN5O2S2/c1-12-21(13(2)28(3)26-12)20-9-8-19(32-20)17-11-18(29(4)33(5,31)27-17)22(30)25-14-6-7-16(24)15(23)10-14;1-12-15(10-27(2)25-12)13-7-20(31-11-13)18-9-19(28(3)32(4,30)26-18)21(29)24-14-5-6-17(23)16(22)8-14;1-12-15(10-24-27(12)2)13-7-20(31-11-13)18-9-19(28(3)32(4,30)26-18)21(29)25-14-5-6-17(23)16(22)8-14/h6-10,17-18H,5,11H2,1-4H3,(H,25,30)(H,27,31);5-8,10-11,18-19H,4,9H2,1-3H3,(H,24,29)(H,26,30);5-8,10-11,18-19H,4,9H2,1-3H3,(H,25,29)(H,26,30). The number of nitrogens with zero attached hydrogens (tertiary/aromatic N) is 9. The summed E-state index contributed by atoms with van der Waals surface area (Å²) in [5.74, 6) is 8.67. The van der Waals surface area contributed by atoms with Crippen molar-refractivity contribution in [2.24, 2.45) is 21.1 Å². The van der Waals surface area contributed by atoms with Crippen molar-refractivity contribution in [2.45, 2.75) is 83.2 Å². The third-order valence-electron chi connectivity index (χ3n) is 17.1. The highest BCUT2D eigenvalue weighted by molar-refractivity contribution is 7.97. The Morgan fingerprint density at radius 3 is 1.29 bits per heavy atom. The Labute approximate surface area is 589 Å². The van der Waals surface area contributed by atoms with Gasteiger partial charge in [-0.25, -0.2) is 52.9 Å². The van der Waals surface area contributed by atoms with Crippen LogP contribution in [0.4, 0.5) is 30.2 Å². The van der Waals surface area contributed by atoms with E-state index < -0.39 is 65.3 Å². The number of rotatable bonds is 12. The zero-order chi connectivity index (χ0) is 70.5. The van der Waals surface area contributed by atoms with E-state index in [0.29, 0.717) is 36.3 Å². The number of aromatic nitrogens is 6. The van der Waals surface area contributed by atoms with Gasteiger partial charge in [0.25, 0.3) is 0 Å². The zero-order valence-corrected chi connectivity index (χ0v) is 61.4. The number of hydrogen-bond acceptors (Lipinski definition) is 12. The molecule has 0 saturated carbocycles. The van der Waals surface area contributed by atoms with Crippen molar-refractivity contribution in [1.82, 2.24) is 56.4 Å². The van der Waals surface area contributed by atoms with E-state index >= 15 is 0 Å². The molecule has 12 rings (SSSR count). The summed E-state index contributed by atoms with van der Waals surface area (Å²) in [7, 11) is 1.78. The number of aryl methyl sites for hydroxylation is 5. The molecule has 3 fully saturated rings. The van der Waals surface area contributed by atoms with Gasteiger partial charge in [-0.15, -0.1) is 34.0 Å². The number of thiophene rings is 3. The Balaban J connectivity index is 0.000000158. The smallest absolute Gasteiger partial charge is 0.242 e. The molecule has 0 spiro atoms. The van der Waals surface area contributed by atoms with Gasteiger partial charge in [-0.2, -0.15) is 15.3 Å². The molecule has 0 aliphatic carbocycles. The summed E-state index contributed by atoms with van der Waals surface area (Å²) in [5, 5.41) is 25.2. The Morgan fingerprint density at radius 2 is 0.938 bits per heavy atom. The van der Waals surface area contributed by atoms with Crippen molar-refractivity contribution < 1.29 is 40.2 Å². The minimum Gasteiger partial charge on any atom is -0.325 e. The highest BCUT2D eigenvalue weighted by Crippen LogP contribution is 2.41. The van der Waals surface area contributed by atoms with E-state index in [-0.39, 0.29) is 50.9 Å². The summed E-state index contributed by atoms with van der Waals surface area (Å²) in [6.07, 6.45) is 4.93. The number of nitrogens with one attached hydrogen (secondary N) is 6. The Kier molecular flexibility index (Phi) is 22.0. The van der Waals surface area contributed by atoms with Crippen LogP contribution in [-0.4, -0.2) is 129 Å². The van der Waals surface area contributed by atoms with Crippen molar-refractivity contribution in [3.8, 4) is 32.7 Å². The van der Waals surface area contributed by atoms with Crippen LogP contribution in [0.5, 0.6) is 0 Å². The number of anilines is 3. The van der Waals surface area contributed by atoms with Crippen molar-refractivity contribution in [3.63, 3.8) is 0 Å². The number of benzene rings is 3. The van der Waals surface area contributed by atoms with Crippen LogP contribution in [0.25, 0.3) is 32.7 Å². The van der Waals surface area contributed by atoms with Gasteiger partial charge in [-0.05, 0) is 165 Å². The Morgan fingerprint density at radius 1 is 0.536 bits per heavy atom. The quantitative estimate of drug-likeness (QED) is 0.0637. The van der Waals surface area contributed by atoms with Gasteiger partial charge < -0.3 is 16.0 Å². The Bertz CT molecular complexity index is 4710. The van der Waals surface area contributed by atoms with Crippen molar-refractivity contribution in [2.75, 3.05) is 37.1 Å². The molecule has 3 amide bonds. The summed E-state index contributed by atoms with van der Waals surface area (Å²) in [5.41, 5.74) is 10.3. The second kappa shape index (κ2) is 29.2. The molecular formula is C64H71Cl3F3N15O6S6. The fraction of sp³-hybridized carbons (Fsp3) is 0.297. The molecule has 6 N–H and O–H groups in total. The van der Waals surface area contributed by atoms with Gasteiger partial charge in [0.2, 0.25) is 17.7 Å². The molecule has 9 aromatic rings. The molecule has 6 aromatic heterocycles. The van der Waals surface area contributed by atoms with Gasteiger partial charge in [0.05, 0.1) is 80.5 Å². The van der Waals surface area contributed by atoms with Crippen LogP contribution in [0.2, 0.25) is 15.1 Å². The van der Waals surface area contributed by atoms with Gasteiger partial charge in [0.1, 0.15) is 35.6 Å². The maximum Gasteiger partial charge on any atom is 0.242 e. The minimum absolute atomic E-state index is 0.0857. The third-order valence-corrected chi connectivity index (χ3v) is 26.8. The summed E-state index contributed by atoms with van der Waals surface area (Å²) >= 11 is 22.1. The normalized spacial score (nSPS) is 23.8. The predicted molar refractivity (Wildman–Crippen MR) is 391 cm³/mol. The number of amides is 3.